The van der Waals surface area contributed by atoms with Crippen molar-refractivity contribution in [2.24, 2.45) is 0 Å². The molecule has 0 atom stereocenters. The highest BCUT2D eigenvalue weighted by atomic mass is 32.2. The van der Waals surface area contributed by atoms with Crippen LogP contribution in [0.25, 0.3) is 0 Å². The van der Waals surface area contributed by atoms with Crippen LogP contribution < -0.4 is 0 Å². The van der Waals surface area contributed by atoms with Crippen molar-refractivity contribution in [2.75, 3.05) is 6.26 Å². The van der Waals surface area contributed by atoms with E-state index in [9.17, 15) is 8.42 Å². The highest BCUT2D eigenvalue weighted by Gasteiger charge is 2.13. The molecule has 2 nitrogen and oxygen atoms in total. The van der Waals surface area contributed by atoms with E-state index in [4.69, 9.17) is 0 Å². The van der Waals surface area contributed by atoms with E-state index < -0.39 is 9.84 Å². The standard InChI is InChI=1S/C10H14O2S/c1-8(2)9-6-4-5-7-10(9)13(3,11)12/h4-8H,1-3H3. The molecule has 0 aliphatic carbocycles. The average Bonchev–Trinajstić information content (AvgIpc) is 2.03. The van der Waals surface area contributed by atoms with Crippen molar-refractivity contribution in [3.05, 3.63) is 29.8 Å². The maximum absolute atomic E-state index is 11.4. The molecule has 3 heteroatoms. The Balaban J connectivity index is 3.37. The summed E-state index contributed by atoms with van der Waals surface area (Å²) < 4.78 is 22.7. The Labute approximate surface area is 79.5 Å². The molecule has 0 fully saturated rings. The third-order valence-electron chi connectivity index (χ3n) is 1.94. The largest absolute Gasteiger partial charge is 0.224 e. The topological polar surface area (TPSA) is 34.1 Å². The van der Waals surface area contributed by atoms with Gasteiger partial charge in [0.15, 0.2) is 9.84 Å². The SMILES string of the molecule is CC(C)c1ccccc1S(C)(=O)=O. The van der Waals surface area contributed by atoms with Crippen LogP contribution in [-0.2, 0) is 9.84 Å². The third kappa shape index (κ3) is 2.31. The van der Waals surface area contributed by atoms with Crippen LogP contribution in [-0.4, -0.2) is 14.7 Å². The molecule has 0 aliphatic rings. The van der Waals surface area contributed by atoms with Crippen LogP contribution in [0.2, 0.25) is 0 Å². The summed E-state index contributed by atoms with van der Waals surface area (Å²) in [5.74, 6) is 0.242. The summed E-state index contributed by atoms with van der Waals surface area (Å²) in [6.07, 6.45) is 1.24. The fourth-order valence-corrected chi connectivity index (χ4v) is 2.35. The van der Waals surface area contributed by atoms with Crippen LogP contribution in [0.15, 0.2) is 29.2 Å². The third-order valence-corrected chi connectivity index (χ3v) is 3.11. The fraction of sp³-hybridized carbons (Fsp3) is 0.400. The molecule has 0 bridgehead atoms. The van der Waals surface area contributed by atoms with Crippen molar-refractivity contribution in [3.63, 3.8) is 0 Å². The van der Waals surface area contributed by atoms with Gasteiger partial charge in [-0.1, -0.05) is 32.0 Å². The van der Waals surface area contributed by atoms with E-state index in [0.29, 0.717) is 4.90 Å². The second-order valence-electron chi connectivity index (χ2n) is 3.46. The molecule has 0 amide bonds. The minimum Gasteiger partial charge on any atom is -0.224 e. The van der Waals surface area contributed by atoms with Crippen LogP contribution in [0.5, 0.6) is 0 Å². The highest BCUT2D eigenvalue weighted by Crippen LogP contribution is 2.22. The molecule has 1 rings (SSSR count). The van der Waals surface area contributed by atoms with Crippen molar-refractivity contribution in [3.8, 4) is 0 Å². The van der Waals surface area contributed by atoms with Gasteiger partial charge in [0.05, 0.1) is 4.90 Å². The lowest BCUT2D eigenvalue weighted by atomic mass is 10.0. The molecule has 0 spiro atoms. The molecule has 13 heavy (non-hydrogen) atoms. The van der Waals surface area contributed by atoms with Crippen molar-refractivity contribution >= 4 is 9.84 Å². The molecule has 0 aliphatic heterocycles. The molecule has 0 unspecified atom stereocenters. The Morgan fingerprint density at radius 2 is 1.69 bits per heavy atom. The maximum Gasteiger partial charge on any atom is 0.175 e. The van der Waals surface area contributed by atoms with Crippen molar-refractivity contribution in [2.45, 2.75) is 24.7 Å². The molecule has 0 radical (unpaired) electrons. The van der Waals surface area contributed by atoms with E-state index in [0.717, 1.165) is 5.56 Å². The summed E-state index contributed by atoms with van der Waals surface area (Å²) in [6.45, 7) is 3.98. The van der Waals surface area contributed by atoms with Gasteiger partial charge in [-0.05, 0) is 17.5 Å². The monoisotopic (exact) mass is 198 g/mol. The second-order valence-corrected chi connectivity index (χ2v) is 5.45. The molecule has 0 saturated heterocycles. The molecular formula is C10H14O2S. The number of hydrogen-bond donors (Lipinski definition) is 0. The Bertz CT molecular complexity index is 391. The minimum atomic E-state index is -3.08. The Hall–Kier alpha value is -0.830. The lowest BCUT2D eigenvalue weighted by Gasteiger charge is -2.10. The van der Waals surface area contributed by atoms with Crippen LogP contribution in [0.1, 0.15) is 25.3 Å². The predicted molar refractivity (Wildman–Crippen MR) is 53.6 cm³/mol. The molecular weight excluding hydrogens is 184 g/mol. The van der Waals surface area contributed by atoms with Gasteiger partial charge in [-0.15, -0.1) is 0 Å². The van der Waals surface area contributed by atoms with E-state index in [1.54, 1.807) is 12.1 Å². The first kappa shape index (κ1) is 10.3. The molecule has 0 aromatic heterocycles. The molecule has 72 valence electrons. The number of sulfone groups is 1. The van der Waals surface area contributed by atoms with Crippen LogP contribution >= 0.6 is 0 Å². The summed E-state index contributed by atoms with van der Waals surface area (Å²) in [7, 11) is -3.08. The Morgan fingerprint density at radius 1 is 1.15 bits per heavy atom. The number of hydrogen-bond acceptors (Lipinski definition) is 2. The van der Waals surface area contributed by atoms with E-state index in [1.807, 2.05) is 26.0 Å². The van der Waals surface area contributed by atoms with Gasteiger partial charge < -0.3 is 0 Å². The van der Waals surface area contributed by atoms with Gasteiger partial charge in [0.25, 0.3) is 0 Å². The summed E-state index contributed by atoms with van der Waals surface area (Å²) in [6, 6.07) is 7.14. The summed E-state index contributed by atoms with van der Waals surface area (Å²) in [4.78, 5) is 0.449. The lowest BCUT2D eigenvalue weighted by Crippen LogP contribution is -2.03. The predicted octanol–water partition coefficient (Wildman–Crippen LogP) is 2.21. The fourth-order valence-electron chi connectivity index (χ4n) is 1.30. The number of rotatable bonds is 2. The van der Waals surface area contributed by atoms with Crippen molar-refractivity contribution in [1.82, 2.24) is 0 Å². The van der Waals surface area contributed by atoms with Gasteiger partial charge in [-0.3, -0.25) is 0 Å². The zero-order chi connectivity index (χ0) is 10.1. The molecule has 1 aromatic carbocycles. The smallest absolute Gasteiger partial charge is 0.175 e. The zero-order valence-electron chi connectivity index (χ0n) is 8.11. The van der Waals surface area contributed by atoms with Gasteiger partial charge in [-0.2, -0.15) is 0 Å². The molecule has 0 N–H and O–H groups in total. The van der Waals surface area contributed by atoms with Gasteiger partial charge >= 0.3 is 0 Å². The van der Waals surface area contributed by atoms with E-state index >= 15 is 0 Å². The van der Waals surface area contributed by atoms with Crippen LogP contribution in [0.3, 0.4) is 0 Å². The van der Waals surface area contributed by atoms with Crippen molar-refractivity contribution < 1.29 is 8.42 Å². The first-order valence-corrected chi connectivity index (χ1v) is 6.11. The number of benzene rings is 1. The quantitative estimate of drug-likeness (QED) is 0.730. The van der Waals surface area contributed by atoms with E-state index in [-0.39, 0.29) is 5.92 Å². The van der Waals surface area contributed by atoms with E-state index in [2.05, 4.69) is 0 Å². The molecule has 1 aromatic rings. The Kier molecular flexibility index (Phi) is 2.76. The zero-order valence-corrected chi connectivity index (χ0v) is 8.93. The minimum absolute atomic E-state index is 0.242. The summed E-state index contributed by atoms with van der Waals surface area (Å²) in [5, 5.41) is 0. The highest BCUT2D eigenvalue weighted by molar-refractivity contribution is 7.90. The Morgan fingerprint density at radius 3 is 2.08 bits per heavy atom. The van der Waals surface area contributed by atoms with Crippen LogP contribution in [0, 0.1) is 0 Å². The van der Waals surface area contributed by atoms with Gasteiger partial charge in [-0.25, -0.2) is 8.42 Å². The van der Waals surface area contributed by atoms with Gasteiger partial charge in [0.1, 0.15) is 0 Å². The lowest BCUT2D eigenvalue weighted by molar-refractivity contribution is 0.599. The average molecular weight is 198 g/mol. The first-order valence-electron chi connectivity index (χ1n) is 4.22. The van der Waals surface area contributed by atoms with Crippen molar-refractivity contribution in [1.29, 1.82) is 0 Å². The second kappa shape index (κ2) is 3.50. The molecule has 0 saturated carbocycles. The normalized spacial score (nSPS) is 12.0. The maximum atomic E-state index is 11.4. The first-order chi connectivity index (χ1) is 5.93. The van der Waals surface area contributed by atoms with Crippen LogP contribution in [0.4, 0.5) is 0 Å². The summed E-state index contributed by atoms with van der Waals surface area (Å²) >= 11 is 0. The van der Waals surface area contributed by atoms with Gasteiger partial charge in [0, 0.05) is 6.26 Å². The van der Waals surface area contributed by atoms with Gasteiger partial charge in [0.2, 0.25) is 0 Å². The summed E-state index contributed by atoms with van der Waals surface area (Å²) in [5.41, 5.74) is 0.894. The molecule has 0 heterocycles. The van der Waals surface area contributed by atoms with E-state index in [1.165, 1.54) is 6.26 Å².